The SMILES string of the molecule is Cc1cc(Sc2ncccc2N)n2ncnc2n1. The molecule has 0 aliphatic rings. The normalized spacial score (nSPS) is 10.9. The van der Waals surface area contributed by atoms with Crippen LogP contribution in [0.25, 0.3) is 5.78 Å². The van der Waals surface area contributed by atoms with Crippen molar-refractivity contribution in [2.45, 2.75) is 17.0 Å². The number of nitrogens with zero attached hydrogens (tertiary/aromatic N) is 5. The van der Waals surface area contributed by atoms with Crippen molar-refractivity contribution in [3.05, 3.63) is 36.4 Å². The molecule has 0 fully saturated rings. The van der Waals surface area contributed by atoms with E-state index in [1.165, 1.54) is 18.1 Å². The lowest BCUT2D eigenvalue weighted by atomic mass is 10.4. The predicted molar refractivity (Wildman–Crippen MR) is 68.3 cm³/mol. The molecule has 7 heteroatoms. The summed E-state index contributed by atoms with van der Waals surface area (Å²) in [6.45, 7) is 1.92. The van der Waals surface area contributed by atoms with Gasteiger partial charge in [0.2, 0.25) is 0 Å². The summed E-state index contributed by atoms with van der Waals surface area (Å²) in [7, 11) is 0. The lowest BCUT2D eigenvalue weighted by Gasteiger charge is -2.05. The zero-order valence-corrected chi connectivity index (χ0v) is 10.4. The van der Waals surface area contributed by atoms with Crippen LogP contribution in [0.1, 0.15) is 5.69 Å². The van der Waals surface area contributed by atoms with Crippen molar-refractivity contribution in [2.24, 2.45) is 0 Å². The van der Waals surface area contributed by atoms with Gasteiger partial charge in [-0.15, -0.1) is 0 Å². The third-order valence-electron chi connectivity index (χ3n) is 2.35. The van der Waals surface area contributed by atoms with E-state index in [1.54, 1.807) is 10.7 Å². The summed E-state index contributed by atoms with van der Waals surface area (Å²) in [5, 5.41) is 5.78. The average Bonchev–Trinajstić information content (AvgIpc) is 2.80. The summed E-state index contributed by atoms with van der Waals surface area (Å²) in [6, 6.07) is 5.56. The highest BCUT2D eigenvalue weighted by Crippen LogP contribution is 2.29. The fraction of sp³-hybridized carbons (Fsp3) is 0.0909. The van der Waals surface area contributed by atoms with Gasteiger partial charge in [0.1, 0.15) is 16.4 Å². The first-order chi connectivity index (χ1) is 8.74. The van der Waals surface area contributed by atoms with Crippen molar-refractivity contribution in [2.75, 3.05) is 5.73 Å². The quantitative estimate of drug-likeness (QED) is 0.702. The van der Waals surface area contributed by atoms with E-state index in [0.717, 1.165) is 15.7 Å². The molecule has 0 atom stereocenters. The van der Waals surface area contributed by atoms with Crippen LogP contribution in [0.3, 0.4) is 0 Å². The zero-order chi connectivity index (χ0) is 12.5. The number of aryl methyl sites for hydroxylation is 1. The zero-order valence-electron chi connectivity index (χ0n) is 9.61. The fourth-order valence-electron chi connectivity index (χ4n) is 1.56. The van der Waals surface area contributed by atoms with Crippen molar-refractivity contribution in [3.8, 4) is 0 Å². The number of rotatable bonds is 2. The maximum atomic E-state index is 5.88. The van der Waals surface area contributed by atoms with Crippen LogP contribution in [0.4, 0.5) is 5.69 Å². The summed E-state index contributed by atoms with van der Waals surface area (Å²) in [4.78, 5) is 12.6. The summed E-state index contributed by atoms with van der Waals surface area (Å²) >= 11 is 1.45. The lowest BCUT2D eigenvalue weighted by molar-refractivity contribution is 0.832. The Hall–Kier alpha value is -2.15. The Labute approximate surface area is 107 Å². The molecular weight excluding hydrogens is 248 g/mol. The second-order valence-electron chi connectivity index (χ2n) is 3.71. The Morgan fingerprint density at radius 1 is 1.33 bits per heavy atom. The third kappa shape index (κ3) is 1.88. The minimum absolute atomic E-state index is 0.576. The van der Waals surface area contributed by atoms with Crippen LogP contribution < -0.4 is 5.73 Å². The molecule has 90 valence electrons. The molecule has 3 rings (SSSR count). The smallest absolute Gasteiger partial charge is 0.253 e. The van der Waals surface area contributed by atoms with Crippen LogP contribution in [0, 0.1) is 6.92 Å². The minimum atomic E-state index is 0.576. The van der Waals surface area contributed by atoms with Crippen LogP contribution in [-0.2, 0) is 0 Å². The number of fused-ring (bicyclic) bond motifs is 1. The molecule has 0 aliphatic carbocycles. The maximum Gasteiger partial charge on any atom is 0.253 e. The Balaban J connectivity index is 2.10. The number of nitrogens with two attached hydrogens (primary N) is 1. The monoisotopic (exact) mass is 258 g/mol. The standard InChI is InChI=1S/C11H10N6S/c1-7-5-9(17-11(16-7)14-6-15-17)18-10-8(12)3-2-4-13-10/h2-6H,12H2,1H3. The molecule has 6 nitrogen and oxygen atoms in total. The number of hydrogen-bond acceptors (Lipinski definition) is 6. The van der Waals surface area contributed by atoms with Crippen molar-refractivity contribution in [3.63, 3.8) is 0 Å². The van der Waals surface area contributed by atoms with Crippen LogP contribution in [-0.4, -0.2) is 24.6 Å². The Bertz CT molecular complexity index is 708. The first-order valence-electron chi connectivity index (χ1n) is 5.30. The highest BCUT2D eigenvalue weighted by molar-refractivity contribution is 7.99. The van der Waals surface area contributed by atoms with Gasteiger partial charge in [0.25, 0.3) is 5.78 Å². The summed E-state index contributed by atoms with van der Waals surface area (Å²) in [5.41, 5.74) is 7.41. The minimum Gasteiger partial charge on any atom is -0.397 e. The Morgan fingerprint density at radius 3 is 3.06 bits per heavy atom. The van der Waals surface area contributed by atoms with Crippen molar-refractivity contribution >= 4 is 23.2 Å². The molecule has 0 unspecified atom stereocenters. The molecule has 0 saturated carbocycles. The van der Waals surface area contributed by atoms with Crippen molar-refractivity contribution in [1.82, 2.24) is 24.6 Å². The van der Waals surface area contributed by atoms with E-state index >= 15 is 0 Å². The molecule has 0 aromatic carbocycles. The molecule has 0 amide bonds. The second-order valence-corrected chi connectivity index (χ2v) is 4.72. The van der Waals surface area contributed by atoms with E-state index in [2.05, 4.69) is 20.1 Å². The molecule has 0 spiro atoms. The topological polar surface area (TPSA) is 82.0 Å². The van der Waals surface area contributed by atoms with Gasteiger partial charge in [-0.2, -0.15) is 14.6 Å². The number of pyridine rings is 1. The summed E-state index contributed by atoms with van der Waals surface area (Å²) in [5.74, 6) is 0.576. The predicted octanol–water partition coefficient (Wildman–Crippen LogP) is 1.56. The molecule has 0 saturated heterocycles. The van der Waals surface area contributed by atoms with E-state index in [4.69, 9.17) is 5.73 Å². The summed E-state index contributed by atoms with van der Waals surface area (Å²) in [6.07, 6.45) is 3.19. The van der Waals surface area contributed by atoms with Gasteiger partial charge in [-0.05, 0) is 36.9 Å². The van der Waals surface area contributed by atoms with Gasteiger partial charge < -0.3 is 5.73 Å². The first kappa shape index (κ1) is 11.0. The second kappa shape index (κ2) is 4.26. The van der Waals surface area contributed by atoms with Crippen LogP contribution in [0.2, 0.25) is 0 Å². The molecule has 0 radical (unpaired) electrons. The largest absolute Gasteiger partial charge is 0.397 e. The Kier molecular flexibility index (Phi) is 2.60. The van der Waals surface area contributed by atoms with Gasteiger partial charge in [0, 0.05) is 11.9 Å². The molecular formula is C11H10N6S. The molecule has 2 N–H and O–H groups in total. The highest BCUT2D eigenvalue weighted by atomic mass is 32.2. The van der Waals surface area contributed by atoms with Crippen LogP contribution in [0.15, 0.2) is 40.8 Å². The van der Waals surface area contributed by atoms with Crippen LogP contribution in [0.5, 0.6) is 0 Å². The molecule has 3 heterocycles. The van der Waals surface area contributed by atoms with E-state index < -0.39 is 0 Å². The van der Waals surface area contributed by atoms with Gasteiger partial charge in [-0.25, -0.2) is 9.97 Å². The molecule has 3 aromatic rings. The number of aromatic nitrogens is 5. The van der Waals surface area contributed by atoms with Crippen molar-refractivity contribution in [1.29, 1.82) is 0 Å². The molecule has 18 heavy (non-hydrogen) atoms. The van der Waals surface area contributed by atoms with E-state index in [9.17, 15) is 0 Å². The van der Waals surface area contributed by atoms with E-state index in [1.807, 2.05) is 25.1 Å². The fourth-order valence-corrected chi connectivity index (χ4v) is 2.50. The average molecular weight is 258 g/mol. The van der Waals surface area contributed by atoms with Gasteiger partial charge in [-0.3, -0.25) is 0 Å². The maximum absolute atomic E-state index is 5.88. The number of nitrogen functional groups attached to an aromatic ring is 1. The summed E-state index contributed by atoms with van der Waals surface area (Å²) < 4.78 is 1.67. The molecule has 0 aliphatic heterocycles. The van der Waals surface area contributed by atoms with Gasteiger partial charge >= 0.3 is 0 Å². The molecule has 3 aromatic heterocycles. The number of anilines is 1. The van der Waals surface area contributed by atoms with E-state index in [0.29, 0.717) is 11.5 Å². The van der Waals surface area contributed by atoms with Gasteiger partial charge in [0.15, 0.2) is 0 Å². The van der Waals surface area contributed by atoms with Crippen LogP contribution >= 0.6 is 11.8 Å². The third-order valence-corrected chi connectivity index (χ3v) is 3.38. The number of hydrogen-bond donors (Lipinski definition) is 1. The Morgan fingerprint density at radius 2 is 2.22 bits per heavy atom. The molecule has 0 bridgehead atoms. The van der Waals surface area contributed by atoms with Gasteiger partial charge in [-0.1, -0.05) is 0 Å². The highest BCUT2D eigenvalue weighted by Gasteiger charge is 2.09. The van der Waals surface area contributed by atoms with Crippen molar-refractivity contribution < 1.29 is 0 Å². The van der Waals surface area contributed by atoms with E-state index in [-0.39, 0.29) is 0 Å². The lowest BCUT2D eigenvalue weighted by Crippen LogP contribution is -1.98. The first-order valence-corrected chi connectivity index (χ1v) is 6.11. The van der Waals surface area contributed by atoms with Gasteiger partial charge in [0.05, 0.1) is 5.69 Å².